The molecule has 2 heterocycles. The second kappa shape index (κ2) is 7.43. The van der Waals surface area contributed by atoms with E-state index in [1.165, 1.54) is 7.11 Å². The number of carbonyl (C=O) groups excluding carboxylic acids is 2. The summed E-state index contributed by atoms with van der Waals surface area (Å²) in [6.45, 7) is 2.52. The van der Waals surface area contributed by atoms with Crippen molar-refractivity contribution in [3.05, 3.63) is 28.5 Å². The lowest BCUT2D eigenvalue weighted by Gasteiger charge is -2.27. The van der Waals surface area contributed by atoms with Crippen LogP contribution >= 0.6 is 15.9 Å². The summed E-state index contributed by atoms with van der Waals surface area (Å²) >= 11 is 3.45. The number of fused-ring (bicyclic) bond motifs is 1. The number of H-pyrrole nitrogens is 1. The Balaban J connectivity index is 1.83. The molecule has 0 bridgehead atoms. The molecule has 1 aromatic carbocycles. The van der Waals surface area contributed by atoms with Crippen LogP contribution in [0.15, 0.2) is 22.7 Å². The molecule has 1 aromatic heterocycles. The summed E-state index contributed by atoms with van der Waals surface area (Å²) in [6, 6.07) is 5.16. The van der Waals surface area contributed by atoms with Gasteiger partial charge in [-0.15, -0.1) is 0 Å². The Morgan fingerprint density at radius 1 is 1.52 bits per heavy atom. The molecule has 0 aliphatic carbocycles. The molecule has 2 unspecified atom stereocenters. The largest absolute Gasteiger partial charge is 0.453 e. The van der Waals surface area contributed by atoms with Crippen LogP contribution < -0.4 is 5.32 Å². The number of rotatable bonds is 4. The average molecular weight is 409 g/mol. The van der Waals surface area contributed by atoms with Crippen molar-refractivity contribution < 1.29 is 14.3 Å². The van der Waals surface area contributed by atoms with E-state index >= 15 is 0 Å². The first-order valence-corrected chi connectivity index (χ1v) is 9.13. The number of alkyl carbamates (subject to hydrolysis) is 1. The summed E-state index contributed by atoms with van der Waals surface area (Å²) in [5.74, 6) is 0.684. The van der Waals surface area contributed by atoms with Crippen molar-refractivity contribution in [2.75, 3.05) is 13.7 Å². The van der Waals surface area contributed by atoms with Gasteiger partial charge in [-0.05, 0) is 37.5 Å². The quantitative estimate of drug-likeness (QED) is 0.813. The van der Waals surface area contributed by atoms with Crippen molar-refractivity contribution in [2.45, 2.75) is 38.3 Å². The van der Waals surface area contributed by atoms with Gasteiger partial charge in [-0.2, -0.15) is 0 Å². The number of methoxy groups -OCH3 is 1. The van der Waals surface area contributed by atoms with E-state index < -0.39 is 12.1 Å². The Hall–Kier alpha value is -2.09. The number of likely N-dealkylation sites (tertiary alicyclic amines) is 1. The zero-order valence-electron chi connectivity index (χ0n) is 14.2. The first-order chi connectivity index (χ1) is 12.0. The molecule has 25 heavy (non-hydrogen) atoms. The van der Waals surface area contributed by atoms with Crippen LogP contribution in [0.1, 0.15) is 38.1 Å². The zero-order valence-corrected chi connectivity index (χ0v) is 15.8. The molecule has 1 fully saturated rings. The van der Waals surface area contributed by atoms with Crippen LogP contribution in [0.25, 0.3) is 11.0 Å². The fourth-order valence-electron chi connectivity index (χ4n) is 3.21. The Bertz CT molecular complexity index is 791. The van der Waals surface area contributed by atoms with Crippen molar-refractivity contribution in [1.82, 2.24) is 20.2 Å². The summed E-state index contributed by atoms with van der Waals surface area (Å²) in [6.07, 6.45) is 1.67. The number of hydrogen-bond acceptors (Lipinski definition) is 4. The molecule has 1 aliphatic rings. The van der Waals surface area contributed by atoms with E-state index in [0.29, 0.717) is 13.0 Å². The molecule has 7 nitrogen and oxygen atoms in total. The maximum atomic E-state index is 12.9. The third-order valence-corrected chi connectivity index (χ3v) is 4.99. The van der Waals surface area contributed by atoms with E-state index in [9.17, 15) is 9.59 Å². The Morgan fingerprint density at radius 2 is 2.32 bits per heavy atom. The van der Waals surface area contributed by atoms with E-state index in [1.54, 1.807) is 4.90 Å². The molecule has 1 aliphatic heterocycles. The zero-order chi connectivity index (χ0) is 18.0. The summed E-state index contributed by atoms with van der Waals surface area (Å²) < 4.78 is 5.59. The van der Waals surface area contributed by atoms with E-state index in [4.69, 9.17) is 0 Å². The lowest BCUT2D eigenvalue weighted by molar-refractivity contribution is -0.134. The standard InChI is InChI=1S/C17H21BrN4O3/c1-3-11(21-17(24)25-2)16(23)22-8-4-5-14(22)15-19-12-7-6-10(18)9-13(12)20-15/h6-7,9,11,14H,3-5,8H2,1-2H3,(H,19,20)(H,21,24). The number of ether oxygens (including phenoxy) is 1. The monoisotopic (exact) mass is 408 g/mol. The smallest absolute Gasteiger partial charge is 0.407 e. The van der Waals surface area contributed by atoms with Crippen LogP contribution in [0, 0.1) is 0 Å². The highest BCUT2D eigenvalue weighted by molar-refractivity contribution is 9.10. The number of nitrogens with one attached hydrogen (secondary N) is 2. The van der Waals surface area contributed by atoms with Crippen LogP contribution in [0.3, 0.4) is 0 Å². The van der Waals surface area contributed by atoms with E-state index in [-0.39, 0.29) is 11.9 Å². The van der Waals surface area contributed by atoms with Crippen molar-refractivity contribution in [1.29, 1.82) is 0 Å². The van der Waals surface area contributed by atoms with Gasteiger partial charge in [-0.1, -0.05) is 22.9 Å². The molecule has 3 rings (SSSR count). The Kier molecular flexibility index (Phi) is 5.27. The number of benzene rings is 1. The number of aromatic amines is 1. The third-order valence-electron chi connectivity index (χ3n) is 4.50. The van der Waals surface area contributed by atoms with Gasteiger partial charge in [0.1, 0.15) is 11.9 Å². The third kappa shape index (κ3) is 3.63. The molecule has 0 radical (unpaired) electrons. The number of imidazole rings is 1. The number of halogens is 1. The van der Waals surface area contributed by atoms with E-state index in [2.05, 4.69) is 36.0 Å². The topological polar surface area (TPSA) is 87.3 Å². The fourth-order valence-corrected chi connectivity index (χ4v) is 3.58. The van der Waals surface area contributed by atoms with Gasteiger partial charge in [-0.3, -0.25) is 4.79 Å². The Morgan fingerprint density at radius 3 is 3.04 bits per heavy atom. The van der Waals surface area contributed by atoms with Crippen LogP contribution in [0.4, 0.5) is 4.79 Å². The molecule has 2 N–H and O–H groups in total. The summed E-state index contributed by atoms with van der Waals surface area (Å²) in [4.78, 5) is 34.1. The molecular weight excluding hydrogens is 388 g/mol. The van der Waals surface area contributed by atoms with Gasteiger partial charge in [-0.25, -0.2) is 9.78 Å². The molecule has 2 atom stereocenters. The minimum absolute atomic E-state index is 0.1000. The fraction of sp³-hybridized carbons (Fsp3) is 0.471. The molecule has 8 heteroatoms. The number of carbonyl (C=O) groups is 2. The van der Waals surface area contributed by atoms with Crippen molar-refractivity contribution in [3.63, 3.8) is 0 Å². The lowest BCUT2D eigenvalue weighted by atomic mass is 10.1. The van der Waals surface area contributed by atoms with Gasteiger partial charge in [0.25, 0.3) is 0 Å². The first kappa shape index (κ1) is 17.7. The maximum absolute atomic E-state index is 12.9. The molecule has 134 valence electrons. The lowest BCUT2D eigenvalue weighted by Crippen LogP contribution is -2.48. The second-order valence-electron chi connectivity index (χ2n) is 6.07. The van der Waals surface area contributed by atoms with Gasteiger partial charge in [0.05, 0.1) is 24.2 Å². The Labute approximate surface area is 154 Å². The predicted octanol–water partition coefficient (Wildman–Crippen LogP) is 3.12. The number of amides is 2. The molecule has 0 spiro atoms. The summed E-state index contributed by atoms with van der Waals surface area (Å²) in [7, 11) is 1.29. The van der Waals surface area contributed by atoms with Gasteiger partial charge < -0.3 is 19.9 Å². The average Bonchev–Trinajstić information content (AvgIpc) is 3.24. The number of hydrogen-bond donors (Lipinski definition) is 2. The van der Waals surface area contributed by atoms with Crippen LogP contribution in [0.2, 0.25) is 0 Å². The van der Waals surface area contributed by atoms with Crippen LogP contribution in [-0.4, -0.2) is 46.6 Å². The highest BCUT2D eigenvalue weighted by Gasteiger charge is 2.35. The first-order valence-electron chi connectivity index (χ1n) is 8.33. The van der Waals surface area contributed by atoms with Crippen molar-refractivity contribution >= 4 is 39.0 Å². The minimum Gasteiger partial charge on any atom is -0.453 e. The SMILES string of the molecule is CCC(NC(=O)OC)C(=O)N1CCCC1c1nc2ccc(Br)cc2[nH]1. The molecular formula is C17H21BrN4O3. The maximum Gasteiger partial charge on any atom is 0.407 e. The van der Waals surface area contributed by atoms with Gasteiger partial charge in [0.2, 0.25) is 5.91 Å². The number of aromatic nitrogens is 2. The van der Waals surface area contributed by atoms with E-state index in [0.717, 1.165) is 34.2 Å². The minimum atomic E-state index is -0.593. The van der Waals surface area contributed by atoms with Gasteiger partial charge in [0.15, 0.2) is 0 Å². The van der Waals surface area contributed by atoms with Crippen LogP contribution in [-0.2, 0) is 9.53 Å². The second-order valence-corrected chi connectivity index (χ2v) is 6.99. The van der Waals surface area contributed by atoms with Gasteiger partial charge >= 0.3 is 6.09 Å². The molecule has 2 aromatic rings. The molecule has 1 saturated heterocycles. The van der Waals surface area contributed by atoms with Crippen molar-refractivity contribution in [3.8, 4) is 0 Å². The van der Waals surface area contributed by atoms with Gasteiger partial charge in [0, 0.05) is 11.0 Å². The van der Waals surface area contributed by atoms with Crippen molar-refractivity contribution in [2.24, 2.45) is 0 Å². The van der Waals surface area contributed by atoms with Crippen LogP contribution in [0.5, 0.6) is 0 Å². The predicted molar refractivity (Wildman–Crippen MR) is 97.1 cm³/mol. The highest BCUT2D eigenvalue weighted by atomic mass is 79.9. The molecule has 0 saturated carbocycles. The normalized spacial score (nSPS) is 18.4. The highest BCUT2D eigenvalue weighted by Crippen LogP contribution is 2.32. The summed E-state index contributed by atoms with van der Waals surface area (Å²) in [5, 5.41) is 2.61. The van der Waals surface area contributed by atoms with E-state index in [1.807, 2.05) is 25.1 Å². The molecule has 2 amide bonds. The summed E-state index contributed by atoms with van der Waals surface area (Å²) in [5.41, 5.74) is 1.81. The number of nitrogens with zero attached hydrogens (tertiary/aromatic N) is 2.